The molecular weight excluding hydrogens is 398 g/mol. The van der Waals surface area contributed by atoms with E-state index in [4.69, 9.17) is 4.74 Å². The zero-order chi connectivity index (χ0) is 20.1. The van der Waals surface area contributed by atoms with Crippen molar-refractivity contribution >= 4 is 38.1 Å². The minimum absolute atomic E-state index is 0.0739. The summed E-state index contributed by atoms with van der Waals surface area (Å²) in [5, 5.41) is 4.68. The molecule has 3 aromatic rings. The number of benzene rings is 2. The van der Waals surface area contributed by atoms with E-state index in [1.54, 1.807) is 18.4 Å². The van der Waals surface area contributed by atoms with Gasteiger partial charge in [0.25, 0.3) is 15.9 Å². The number of aromatic nitrogens is 1. The van der Waals surface area contributed by atoms with Gasteiger partial charge in [0.05, 0.1) is 4.90 Å². The molecule has 0 aliphatic heterocycles. The van der Waals surface area contributed by atoms with E-state index >= 15 is 0 Å². The summed E-state index contributed by atoms with van der Waals surface area (Å²) in [4.78, 5) is 16.3. The smallest absolute Gasteiger partial charge is 0.265 e. The lowest BCUT2D eigenvalue weighted by Crippen LogP contribution is -2.30. The van der Waals surface area contributed by atoms with Crippen molar-refractivity contribution in [3.63, 3.8) is 0 Å². The standard InChI is InChI=1S/C19H19N3O4S2/c1-13-4-3-5-16(12-13)26-14(2)18(23)21-15-6-8-17(9-7-15)28(24,25)22-19-20-10-11-27-19/h3-12,14H,1-2H3,(H,20,22)(H,21,23)/t14-/m0/s1. The van der Waals surface area contributed by atoms with Crippen LogP contribution in [0.25, 0.3) is 0 Å². The van der Waals surface area contributed by atoms with Gasteiger partial charge in [-0.1, -0.05) is 12.1 Å². The van der Waals surface area contributed by atoms with Crippen LogP contribution < -0.4 is 14.8 Å². The molecule has 0 saturated heterocycles. The second-order valence-electron chi connectivity index (χ2n) is 6.03. The Bertz CT molecular complexity index is 1050. The van der Waals surface area contributed by atoms with E-state index in [2.05, 4.69) is 15.0 Å². The van der Waals surface area contributed by atoms with E-state index in [1.807, 2.05) is 25.1 Å². The number of carbonyl (C=O) groups is 1. The number of nitrogens with one attached hydrogen (secondary N) is 2. The van der Waals surface area contributed by atoms with Gasteiger partial charge in [0, 0.05) is 17.3 Å². The summed E-state index contributed by atoms with van der Waals surface area (Å²) in [7, 11) is -3.73. The molecule has 1 atom stereocenters. The Labute approximate surface area is 167 Å². The van der Waals surface area contributed by atoms with Crippen LogP contribution in [0.5, 0.6) is 5.75 Å². The molecule has 146 valence electrons. The summed E-state index contributed by atoms with van der Waals surface area (Å²) in [5.74, 6) is 0.273. The van der Waals surface area contributed by atoms with Crippen molar-refractivity contribution in [3.05, 3.63) is 65.7 Å². The second-order valence-corrected chi connectivity index (χ2v) is 8.61. The Morgan fingerprint density at radius 3 is 2.57 bits per heavy atom. The Balaban J connectivity index is 1.62. The first-order valence-electron chi connectivity index (χ1n) is 8.40. The van der Waals surface area contributed by atoms with Crippen molar-refractivity contribution in [1.82, 2.24) is 4.98 Å². The molecule has 0 fully saturated rings. The number of anilines is 2. The molecule has 9 heteroatoms. The highest BCUT2D eigenvalue weighted by Crippen LogP contribution is 2.20. The normalized spacial score (nSPS) is 12.2. The zero-order valence-corrected chi connectivity index (χ0v) is 16.9. The van der Waals surface area contributed by atoms with E-state index in [9.17, 15) is 13.2 Å². The lowest BCUT2D eigenvalue weighted by Gasteiger charge is -2.15. The third-order valence-electron chi connectivity index (χ3n) is 3.76. The molecule has 1 heterocycles. The van der Waals surface area contributed by atoms with Crippen molar-refractivity contribution < 1.29 is 17.9 Å². The summed E-state index contributed by atoms with van der Waals surface area (Å²) < 4.78 is 32.7. The van der Waals surface area contributed by atoms with Crippen LogP contribution in [0.2, 0.25) is 0 Å². The van der Waals surface area contributed by atoms with E-state index in [0.717, 1.165) is 5.56 Å². The molecule has 2 aromatic carbocycles. The molecule has 0 unspecified atom stereocenters. The number of hydrogen-bond donors (Lipinski definition) is 2. The molecule has 0 saturated carbocycles. The number of rotatable bonds is 7. The lowest BCUT2D eigenvalue weighted by molar-refractivity contribution is -0.122. The fraction of sp³-hybridized carbons (Fsp3) is 0.158. The fourth-order valence-corrected chi connectivity index (χ4v) is 4.14. The van der Waals surface area contributed by atoms with Gasteiger partial charge in [-0.15, -0.1) is 11.3 Å². The largest absolute Gasteiger partial charge is 0.481 e. The highest BCUT2D eigenvalue weighted by molar-refractivity contribution is 7.93. The Hall–Kier alpha value is -2.91. The van der Waals surface area contributed by atoms with E-state index in [0.29, 0.717) is 16.6 Å². The maximum Gasteiger partial charge on any atom is 0.265 e. The van der Waals surface area contributed by atoms with Gasteiger partial charge in [0.15, 0.2) is 11.2 Å². The van der Waals surface area contributed by atoms with Crippen LogP contribution in [0.1, 0.15) is 12.5 Å². The van der Waals surface area contributed by atoms with Crippen LogP contribution in [0.3, 0.4) is 0 Å². The molecule has 0 spiro atoms. The summed E-state index contributed by atoms with van der Waals surface area (Å²) in [6.07, 6.45) is 0.804. The number of nitrogens with zero attached hydrogens (tertiary/aromatic N) is 1. The van der Waals surface area contributed by atoms with Crippen LogP contribution >= 0.6 is 11.3 Å². The molecule has 7 nitrogen and oxygen atoms in total. The summed E-state index contributed by atoms with van der Waals surface area (Å²) in [6, 6.07) is 13.3. The molecule has 0 aliphatic rings. The fourth-order valence-electron chi connectivity index (χ4n) is 2.36. The van der Waals surface area contributed by atoms with E-state index in [-0.39, 0.29) is 10.8 Å². The molecule has 28 heavy (non-hydrogen) atoms. The van der Waals surface area contributed by atoms with Gasteiger partial charge in [-0.25, -0.2) is 13.4 Å². The molecule has 3 rings (SSSR count). The van der Waals surface area contributed by atoms with Crippen LogP contribution in [0.4, 0.5) is 10.8 Å². The van der Waals surface area contributed by atoms with Crippen molar-refractivity contribution in [3.8, 4) is 5.75 Å². The number of sulfonamides is 1. The van der Waals surface area contributed by atoms with Crippen LogP contribution in [0, 0.1) is 6.92 Å². The number of aryl methyl sites for hydroxylation is 1. The van der Waals surface area contributed by atoms with E-state index < -0.39 is 16.1 Å². The number of hydrogen-bond acceptors (Lipinski definition) is 6. The van der Waals surface area contributed by atoms with Crippen molar-refractivity contribution in [2.45, 2.75) is 24.8 Å². The molecule has 2 N–H and O–H groups in total. The average Bonchev–Trinajstić information content (AvgIpc) is 3.14. The summed E-state index contributed by atoms with van der Waals surface area (Å²) >= 11 is 1.19. The Morgan fingerprint density at radius 2 is 1.93 bits per heavy atom. The quantitative estimate of drug-likeness (QED) is 0.611. The maximum absolute atomic E-state index is 12.3. The summed E-state index contributed by atoms with van der Waals surface area (Å²) in [6.45, 7) is 3.59. The van der Waals surface area contributed by atoms with Gasteiger partial charge in [0.2, 0.25) is 0 Å². The van der Waals surface area contributed by atoms with Gasteiger partial charge in [0.1, 0.15) is 5.75 Å². The highest BCUT2D eigenvalue weighted by atomic mass is 32.2. The maximum atomic E-state index is 12.3. The van der Waals surface area contributed by atoms with Gasteiger partial charge in [-0.05, 0) is 55.8 Å². The van der Waals surface area contributed by atoms with Gasteiger partial charge in [-0.2, -0.15) is 0 Å². The van der Waals surface area contributed by atoms with Crippen LogP contribution in [0.15, 0.2) is 65.0 Å². The number of amides is 1. The van der Waals surface area contributed by atoms with E-state index in [1.165, 1.54) is 41.8 Å². The monoisotopic (exact) mass is 417 g/mol. The number of thiazole rings is 1. The summed E-state index contributed by atoms with van der Waals surface area (Å²) in [5.41, 5.74) is 1.51. The highest BCUT2D eigenvalue weighted by Gasteiger charge is 2.17. The zero-order valence-electron chi connectivity index (χ0n) is 15.2. The minimum atomic E-state index is -3.73. The molecule has 0 aliphatic carbocycles. The average molecular weight is 418 g/mol. The predicted molar refractivity (Wildman–Crippen MR) is 109 cm³/mol. The lowest BCUT2D eigenvalue weighted by atomic mass is 10.2. The third-order valence-corrected chi connectivity index (χ3v) is 5.93. The minimum Gasteiger partial charge on any atom is -0.481 e. The molecule has 0 bridgehead atoms. The third kappa shape index (κ3) is 5.08. The Morgan fingerprint density at radius 1 is 1.18 bits per heavy atom. The van der Waals surface area contributed by atoms with Gasteiger partial charge in [-0.3, -0.25) is 9.52 Å². The number of ether oxygens (including phenoxy) is 1. The van der Waals surface area contributed by atoms with Gasteiger partial charge < -0.3 is 10.1 Å². The SMILES string of the molecule is Cc1cccc(O[C@@H](C)C(=O)Nc2ccc(S(=O)(=O)Nc3nccs3)cc2)c1. The van der Waals surface area contributed by atoms with Crippen molar-refractivity contribution in [2.24, 2.45) is 0 Å². The second kappa shape index (κ2) is 8.41. The predicted octanol–water partition coefficient (Wildman–Crippen LogP) is 3.66. The van der Waals surface area contributed by atoms with Gasteiger partial charge >= 0.3 is 0 Å². The molecule has 1 aromatic heterocycles. The van der Waals surface area contributed by atoms with Crippen molar-refractivity contribution in [2.75, 3.05) is 10.0 Å². The molecule has 1 amide bonds. The van der Waals surface area contributed by atoms with Crippen molar-refractivity contribution in [1.29, 1.82) is 0 Å². The first kappa shape index (κ1) is 19.8. The molecular formula is C19H19N3O4S2. The number of carbonyl (C=O) groups excluding carboxylic acids is 1. The van der Waals surface area contributed by atoms with Crippen LogP contribution in [-0.4, -0.2) is 25.4 Å². The first-order chi connectivity index (χ1) is 13.3. The Kier molecular flexibility index (Phi) is 5.96. The first-order valence-corrected chi connectivity index (χ1v) is 10.8. The topological polar surface area (TPSA) is 97.4 Å². The molecule has 0 radical (unpaired) electrons. The van der Waals surface area contributed by atoms with Crippen LogP contribution in [-0.2, 0) is 14.8 Å².